The number of hydrogen-bond donors (Lipinski definition) is 2. The van der Waals surface area contributed by atoms with Crippen LogP contribution in [-0.4, -0.2) is 52.9 Å². The fraction of sp³-hybridized carbons (Fsp3) is 0.250. The third-order valence-electron chi connectivity index (χ3n) is 5.39. The minimum absolute atomic E-state index is 0.116. The van der Waals surface area contributed by atoms with Gasteiger partial charge in [0.25, 0.3) is 5.91 Å². The molecule has 0 unspecified atom stereocenters. The summed E-state index contributed by atoms with van der Waals surface area (Å²) in [6.07, 6.45) is 4.94. The quantitative estimate of drug-likeness (QED) is 0.625. The number of carbonyl (C=O) groups excluding carboxylic acids is 2. The van der Waals surface area contributed by atoms with Crippen LogP contribution in [0, 0.1) is 0 Å². The van der Waals surface area contributed by atoms with E-state index in [1.54, 1.807) is 6.20 Å². The van der Waals surface area contributed by atoms with Crippen LogP contribution in [0.5, 0.6) is 0 Å². The average molecular weight is 415 g/mol. The predicted molar refractivity (Wildman–Crippen MR) is 122 cm³/mol. The molecule has 0 saturated carbocycles. The number of aromatic nitrogens is 2. The van der Waals surface area contributed by atoms with E-state index in [1.165, 1.54) is 6.08 Å². The molecule has 1 saturated heterocycles. The first-order chi connectivity index (χ1) is 15.0. The lowest BCUT2D eigenvalue weighted by molar-refractivity contribution is -0.111. The van der Waals surface area contributed by atoms with Crippen LogP contribution in [0.2, 0.25) is 0 Å². The van der Waals surface area contributed by atoms with Crippen LogP contribution in [0.3, 0.4) is 0 Å². The molecule has 3 aromatic rings. The maximum absolute atomic E-state index is 12.7. The molecule has 1 aliphatic heterocycles. The molecule has 7 heteroatoms. The van der Waals surface area contributed by atoms with E-state index in [1.807, 2.05) is 42.5 Å². The van der Waals surface area contributed by atoms with E-state index in [2.05, 4.69) is 39.1 Å². The van der Waals surface area contributed by atoms with Gasteiger partial charge >= 0.3 is 0 Å². The molecule has 4 rings (SSSR count). The summed E-state index contributed by atoms with van der Waals surface area (Å²) < 4.78 is 0. The molecular weight excluding hydrogens is 390 g/mol. The van der Waals surface area contributed by atoms with Gasteiger partial charge in [-0.25, -0.2) is 9.97 Å². The summed E-state index contributed by atoms with van der Waals surface area (Å²) in [5, 5.41) is 6.68. The number of hydrogen-bond acceptors (Lipinski definition) is 5. The number of likely N-dealkylation sites (N-methyl/N-ethyl adjacent to an activating group) is 1. The molecule has 0 bridgehead atoms. The van der Waals surface area contributed by atoms with Crippen molar-refractivity contribution in [3.63, 3.8) is 0 Å². The Bertz CT molecular complexity index is 1140. The van der Waals surface area contributed by atoms with Crippen molar-refractivity contribution in [3.05, 3.63) is 67.1 Å². The Labute approximate surface area is 181 Å². The number of nitrogens with one attached hydrogen (secondary N) is 2. The zero-order chi connectivity index (χ0) is 21.8. The molecule has 1 aliphatic rings. The summed E-state index contributed by atoms with van der Waals surface area (Å²) in [4.78, 5) is 35.3. The highest BCUT2D eigenvalue weighted by Gasteiger charge is 2.21. The van der Waals surface area contributed by atoms with Gasteiger partial charge in [0.2, 0.25) is 11.7 Å². The van der Waals surface area contributed by atoms with Crippen molar-refractivity contribution in [2.45, 2.75) is 18.9 Å². The number of piperidine rings is 1. The second kappa shape index (κ2) is 9.06. The Kier molecular flexibility index (Phi) is 6.04. The highest BCUT2D eigenvalue weighted by molar-refractivity contribution is 5.99. The van der Waals surface area contributed by atoms with Crippen LogP contribution in [-0.2, 0) is 4.79 Å². The molecule has 31 heavy (non-hydrogen) atoms. The van der Waals surface area contributed by atoms with Crippen LogP contribution < -0.4 is 10.6 Å². The molecule has 2 amide bonds. The monoisotopic (exact) mass is 415 g/mol. The van der Waals surface area contributed by atoms with E-state index in [0.29, 0.717) is 11.2 Å². The SMILES string of the molecule is C=CC(=O)Nc1cccc(-c2ccc3cnc(C(=O)N[C@@H]4CCCN(C)C4)nc3c2)c1. The highest BCUT2D eigenvalue weighted by atomic mass is 16.2. The van der Waals surface area contributed by atoms with Gasteiger partial charge in [0, 0.05) is 29.9 Å². The Morgan fingerprint density at radius 1 is 1.19 bits per heavy atom. The first-order valence-electron chi connectivity index (χ1n) is 10.3. The van der Waals surface area contributed by atoms with Crippen molar-refractivity contribution in [2.24, 2.45) is 0 Å². The normalized spacial score (nSPS) is 16.6. The highest BCUT2D eigenvalue weighted by Crippen LogP contribution is 2.25. The first-order valence-corrected chi connectivity index (χ1v) is 10.3. The smallest absolute Gasteiger partial charge is 0.289 e. The fourth-order valence-electron chi connectivity index (χ4n) is 3.82. The minimum atomic E-state index is -0.261. The van der Waals surface area contributed by atoms with E-state index in [9.17, 15) is 9.59 Å². The van der Waals surface area contributed by atoms with Crippen molar-refractivity contribution in [1.29, 1.82) is 0 Å². The summed E-state index contributed by atoms with van der Waals surface area (Å²) >= 11 is 0. The maximum Gasteiger partial charge on any atom is 0.289 e. The van der Waals surface area contributed by atoms with E-state index in [4.69, 9.17) is 0 Å². The molecule has 2 heterocycles. The van der Waals surface area contributed by atoms with E-state index >= 15 is 0 Å². The van der Waals surface area contributed by atoms with E-state index in [0.717, 1.165) is 42.4 Å². The Morgan fingerprint density at radius 3 is 2.84 bits per heavy atom. The third-order valence-corrected chi connectivity index (χ3v) is 5.39. The first kappa shape index (κ1) is 20.7. The minimum Gasteiger partial charge on any atom is -0.345 e. The maximum atomic E-state index is 12.7. The van der Waals surface area contributed by atoms with Gasteiger partial charge in [-0.3, -0.25) is 9.59 Å². The van der Waals surface area contributed by atoms with Crippen molar-refractivity contribution in [2.75, 3.05) is 25.5 Å². The van der Waals surface area contributed by atoms with Crippen molar-refractivity contribution in [3.8, 4) is 11.1 Å². The lowest BCUT2D eigenvalue weighted by atomic mass is 10.0. The topological polar surface area (TPSA) is 87.2 Å². The van der Waals surface area contributed by atoms with Crippen molar-refractivity contribution >= 4 is 28.4 Å². The Balaban J connectivity index is 1.57. The average Bonchev–Trinajstić information content (AvgIpc) is 2.78. The van der Waals surface area contributed by atoms with Gasteiger partial charge in [0.15, 0.2) is 0 Å². The number of anilines is 1. The zero-order valence-corrected chi connectivity index (χ0v) is 17.5. The van der Waals surface area contributed by atoms with Gasteiger partial charge in [-0.15, -0.1) is 0 Å². The molecule has 2 aromatic carbocycles. The van der Waals surface area contributed by atoms with Gasteiger partial charge in [-0.1, -0.05) is 30.8 Å². The van der Waals surface area contributed by atoms with Crippen molar-refractivity contribution < 1.29 is 9.59 Å². The van der Waals surface area contributed by atoms with Gasteiger partial charge < -0.3 is 15.5 Å². The molecule has 158 valence electrons. The lowest BCUT2D eigenvalue weighted by Gasteiger charge is -2.29. The lowest BCUT2D eigenvalue weighted by Crippen LogP contribution is -2.46. The number of carbonyl (C=O) groups is 2. The Hall–Kier alpha value is -3.58. The molecule has 7 nitrogen and oxygen atoms in total. The second-order valence-corrected chi connectivity index (χ2v) is 7.82. The number of rotatable bonds is 5. The number of benzene rings is 2. The summed E-state index contributed by atoms with van der Waals surface area (Å²) in [6, 6.07) is 13.5. The standard InChI is InChI=1S/C24H25N5O2/c1-3-22(30)26-19-7-4-6-16(12-19)17-9-10-18-14-25-23(28-21(18)13-17)24(31)27-20-8-5-11-29(2)15-20/h3-4,6-7,9-10,12-14,20H,1,5,8,11,15H2,2H3,(H,26,30)(H,27,31)/t20-/m1/s1. The molecule has 0 spiro atoms. The molecule has 1 aromatic heterocycles. The predicted octanol–water partition coefficient (Wildman–Crippen LogP) is 3.25. The number of nitrogens with zero attached hydrogens (tertiary/aromatic N) is 3. The largest absolute Gasteiger partial charge is 0.345 e. The number of likely N-dealkylation sites (tertiary alicyclic amines) is 1. The van der Waals surface area contributed by atoms with Crippen LogP contribution in [0.15, 0.2) is 61.3 Å². The summed E-state index contributed by atoms with van der Waals surface area (Å²) in [7, 11) is 2.06. The molecule has 1 fully saturated rings. The summed E-state index contributed by atoms with van der Waals surface area (Å²) in [6.45, 7) is 5.36. The van der Waals surface area contributed by atoms with Gasteiger partial charge in [0.05, 0.1) is 5.52 Å². The van der Waals surface area contributed by atoms with Crippen LogP contribution in [0.4, 0.5) is 5.69 Å². The number of amides is 2. The fourth-order valence-corrected chi connectivity index (χ4v) is 3.82. The van der Waals surface area contributed by atoms with E-state index < -0.39 is 0 Å². The van der Waals surface area contributed by atoms with Gasteiger partial charge in [0.1, 0.15) is 0 Å². The third kappa shape index (κ3) is 4.95. The van der Waals surface area contributed by atoms with Crippen LogP contribution in [0.1, 0.15) is 23.5 Å². The second-order valence-electron chi connectivity index (χ2n) is 7.82. The molecule has 0 radical (unpaired) electrons. The summed E-state index contributed by atoms with van der Waals surface area (Å²) in [5.74, 6) is -0.338. The number of fused-ring (bicyclic) bond motifs is 1. The Morgan fingerprint density at radius 2 is 2.03 bits per heavy atom. The van der Waals surface area contributed by atoms with Gasteiger partial charge in [-0.2, -0.15) is 0 Å². The molecule has 1 atom stereocenters. The summed E-state index contributed by atoms with van der Waals surface area (Å²) in [5.41, 5.74) is 3.24. The zero-order valence-electron chi connectivity index (χ0n) is 17.5. The molecule has 2 N–H and O–H groups in total. The van der Waals surface area contributed by atoms with Crippen LogP contribution in [0.25, 0.3) is 22.0 Å². The van der Waals surface area contributed by atoms with E-state index in [-0.39, 0.29) is 23.7 Å². The molecule has 0 aliphatic carbocycles. The molecular formula is C24H25N5O2. The van der Waals surface area contributed by atoms with Crippen molar-refractivity contribution in [1.82, 2.24) is 20.2 Å². The van der Waals surface area contributed by atoms with Gasteiger partial charge in [-0.05, 0) is 61.8 Å². The van der Waals surface area contributed by atoms with Crippen LogP contribution >= 0.6 is 0 Å².